The van der Waals surface area contributed by atoms with E-state index in [2.05, 4.69) is 0 Å². The summed E-state index contributed by atoms with van der Waals surface area (Å²) in [6.07, 6.45) is -6.52. The van der Waals surface area contributed by atoms with Gasteiger partial charge in [0, 0.05) is 18.9 Å². The predicted octanol–water partition coefficient (Wildman–Crippen LogP) is 4.23. The Balaban J connectivity index is 1.74. The maximum absolute atomic E-state index is 13.2. The highest BCUT2D eigenvalue weighted by Crippen LogP contribution is 2.44. The van der Waals surface area contributed by atoms with E-state index in [1.807, 2.05) is 53.8 Å². The van der Waals surface area contributed by atoms with Crippen LogP contribution in [0.4, 0.5) is 18.0 Å². The minimum absolute atomic E-state index is 0.0765. The second kappa shape index (κ2) is 7.23. The lowest BCUT2D eigenvalue weighted by Crippen LogP contribution is -2.57. The molecule has 2 aromatic rings. The normalized spacial score (nSPS) is 15.6. The summed E-state index contributed by atoms with van der Waals surface area (Å²) < 4.78 is 44.8. The summed E-state index contributed by atoms with van der Waals surface area (Å²) in [6.45, 7) is 0.0389. The van der Waals surface area contributed by atoms with E-state index in [0.29, 0.717) is 0 Å². The lowest BCUT2D eigenvalue weighted by Gasteiger charge is -2.32. The van der Waals surface area contributed by atoms with Gasteiger partial charge in [-0.15, -0.1) is 0 Å². The third-order valence-electron chi connectivity index (χ3n) is 4.96. The van der Waals surface area contributed by atoms with Gasteiger partial charge in [0.15, 0.2) is 0 Å². The quantitative estimate of drug-likeness (QED) is 0.818. The zero-order chi connectivity index (χ0) is 19.7. The average molecular weight is 379 g/mol. The molecule has 0 aromatic heterocycles. The number of fused-ring (bicyclic) bond motifs is 3. The van der Waals surface area contributed by atoms with Crippen LogP contribution in [-0.4, -0.2) is 36.1 Å². The van der Waals surface area contributed by atoms with Crippen LogP contribution in [0, 0.1) is 0 Å². The first-order valence-electron chi connectivity index (χ1n) is 8.57. The summed E-state index contributed by atoms with van der Waals surface area (Å²) in [4.78, 5) is 12.0. The molecular weight excluding hydrogens is 359 g/mol. The largest absolute Gasteiger partial charge is 0.449 e. The molecule has 4 nitrogen and oxygen atoms in total. The van der Waals surface area contributed by atoms with Gasteiger partial charge in [-0.1, -0.05) is 48.5 Å². The molecule has 144 valence electrons. The minimum atomic E-state index is -4.71. The molecule has 0 spiro atoms. The Kier molecular flexibility index (Phi) is 5.15. The molecule has 1 atom stereocenters. The smallest absolute Gasteiger partial charge is 0.411 e. The van der Waals surface area contributed by atoms with Crippen LogP contribution in [0.3, 0.4) is 0 Å². The topological polar surface area (TPSA) is 58.6 Å². The number of carbonyl (C=O) groups excluding carboxylic acids is 1. The van der Waals surface area contributed by atoms with Crippen molar-refractivity contribution in [3.05, 3.63) is 59.7 Å². The van der Waals surface area contributed by atoms with Crippen molar-refractivity contribution >= 4 is 6.09 Å². The number of carbonyl (C=O) groups is 1. The predicted molar refractivity (Wildman–Crippen MR) is 94.4 cm³/mol. The van der Waals surface area contributed by atoms with Gasteiger partial charge in [0.05, 0.1) is 0 Å². The monoisotopic (exact) mass is 379 g/mol. The van der Waals surface area contributed by atoms with Gasteiger partial charge in [0.25, 0.3) is 0 Å². The van der Waals surface area contributed by atoms with Gasteiger partial charge >= 0.3 is 12.3 Å². The number of nitrogens with one attached hydrogen (secondary N) is 1. The molecule has 1 amide bonds. The number of aliphatic hydroxyl groups is 1. The van der Waals surface area contributed by atoms with E-state index < -0.39 is 30.8 Å². The van der Waals surface area contributed by atoms with Crippen molar-refractivity contribution in [1.82, 2.24) is 5.32 Å². The third kappa shape index (κ3) is 3.64. The highest BCUT2D eigenvalue weighted by molar-refractivity contribution is 5.79. The SMILES string of the molecule is CC(CCO)(NC(=O)OCC1c2ccccc2-c2ccccc21)C(F)(F)F. The van der Waals surface area contributed by atoms with Crippen molar-refractivity contribution in [3.63, 3.8) is 0 Å². The van der Waals surface area contributed by atoms with Crippen molar-refractivity contribution in [2.24, 2.45) is 0 Å². The lowest BCUT2D eigenvalue weighted by atomic mass is 9.97. The molecule has 1 aliphatic rings. The van der Waals surface area contributed by atoms with Crippen LogP contribution in [-0.2, 0) is 4.74 Å². The Hall–Kier alpha value is -2.54. The number of hydrogen-bond acceptors (Lipinski definition) is 3. The molecular formula is C20H20F3NO3. The van der Waals surface area contributed by atoms with Crippen LogP contribution in [0.1, 0.15) is 30.4 Å². The number of alkyl halides is 3. The molecule has 0 saturated carbocycles. The minimum Gasteiger partial charge on any atom is -0.449 e. The Labute approximate surface area is 155 Å². The molecule has 2 N–H and O–H groups in total. The summed E-state index contributed by atoms with van der Waals surface area (Å²) in [5.41, 5.74) is 1.45. The highest BCUT2D eigenvalue weighted by Gasteiger charge is 2.52. The molecule has 2 aromatic carbocycles. The number of benzene rings is 2. The van der Waals surface area contributed by atoms with Crippen molar-refractivity contribution in [3.8, 4) is 11.1 Å². The Morgan fingerprint density at radius 1 is 1.07 bits per heavy atom. The highest BCUT2D eigenvalue weighted by atomic mass is 19.4. The van der Waals surface area contributed by atoms with Crippen LogP contribution in [0.2, 0.25) is 0 Å². The van der Waals surface area contributed by atoms with E-state index in [9.17, 15) is 18.0 Å². The van der Waals surface area contributed by atoms with E-state index in [-0.39, 0.29) is 12.5 Å². The summed E-state index contributed by atoms with van der Waals surface area (Å²) in [6, 6.07) is 15.4. The third-order valence-corrected chi connectivity index (χ3v) is 4.96. The molecule has 0 radical (unpaired) electrons. The van der Waals surface area contributed by atoms with Gasteiger partial charge in [-0.2, -0.15) is 13.2 Å². The molecule has 7 heteroatoms. The molecule has 0 aliphatic heterocycles. The first kappa shape index (κ1) is 19.2. The van der Waals surface area contributed by atoms with Crippen LogP contribution in [0.5, 0.6) is 0 Å². The lowest BCUT2D eigenvalue weighted by molar-refractivity contribution is -0.193. The maximum atomic E-state index is 13.2. The van der Waals surface area contributed by atoms with E-state index >= 15 is 0 Å². The second-order valence-electron chi connectivity index (χ2n) is 6.75. The average Bonchev–Trinajstić information content (AvgIpc) is 2.93. The molecule has 1 unspecified atom stereocenters. The van der Waals surface area contributed by atoms with E-state index in [1.165, 1.54) is 0 Å². The maximum Gasteiger partial charge on any atom is 0.411 e. The number of ether oxygens (including phenoxy) is 1. The van der Waals surface area contributed by atoms with Gasteiger partial charge in [0.1, 0.15) is 12.1 Å². The fourth-order valence-electron chi connectivity index (χ4n) is 3.36. The van der Waals surface area contributed by atoms with Crippen LogP contribution < -0.4 is 5.32 Å². The van der Waals surface area contributed by atoms with Crippen molar-refractivity contribution in [2.45, 2.75) is 31.0 Å². The summed E-state index contributed by atoms with van der Waals surface area (Å²) in [5, 5.41) is 10.8. The Morgan fingerprint density at radius 3 is 2.07 bits per heavy atom. The number of hydrogen-bond donors (Lipinski definition) is 2. The van der Waals surface area contributed by atoms with Gasteiger partial charge < -0.3 is 15.2 Å². The fraction of sp³-hybridized carbons (Fsp3) is 0.350. The van der Waals surface area contributed by atoms with Crippen LogP contribution in [0.15, 0.2) is 48.5 Å². The standard InChI is InChI=1S/C20H20F3NO3/c1-19(10-11-25,20(21,22)23)24-18(26)27-12-17-15-8-4-2-6-13(15)14-7-3-5-9-16(14)17/h2-9,17,25H,10-12H2,1H3,(H,24,26). The molecule has 27 heavy (non-hydrogen) atoms. The van der Waals surface area contributed by atoms with Crippen molar-refractivity contribution in [1.29, 1.82) is 0 Å². The Morgan fingerprint density at radius 2 is 1.59 bits per heavy atom. The van der Waals surface area contributed by atoms with Gasteiger partial charge in [-0.25, -0.2) is 4.79 Å². The van der Waals surface area contributed by atoms with Gasteiger partial charge in [-0.05, 0) is 29.2 Å². The fourth-order valence-corrected chi connectivity index (χ4v) is 3.36. The second-order valence-corrected chi connectivity index (χ2v) is 6.75. The first-order chi connectivity index (χ1) is 12.8. The zero-order valence-electron chi connectivity index (χ0n) is 14.7. The summed E-state index contributed by atoms with van der Waals surface area (Å²) in [5.74, 6) is -0.238. The number of aliphatic hydroxyl groups excluding tert-OH is 1. The summed E-state index contributed by atoms with van der Waals surface area (Å²) in [7, 11) is 0. The molecule has 0 heterocycles. The van der Waals surface area contributed by atoms with Crippen LogP contribution >= 0.6 is 0 Å². The first-order valence-corrected chi connectivity index (χ1v) is 8.57. The molecule has 0 bridgehead atoms. The molecule has 1 aliphatic carbocycles. The van der Waals surface area contributed by atoms with Crippen molar-refractivity contribution < 1.29 is 27.8 Å². The van der Waals surface area contributed by atoms with E-state index in [1.54, 1.807) is 0 Å². The number of rotatable bonds is 5. The van der Waals surface area contributed by atoms with Gasteiger partial charge in [-0.3, -0.25) is 0 Å². The van der Waals surface area contributed by atoms with E-state index in [0.717, 1.165) is 29.2 Å². The van der Waals surface area contributed by atoms with E-state index in [4.69, 9.17) is 9.84 Å². The molecule has 0 fully saturated rings. The molecule has 3 rings (SSSR count). The number of halogens is 3. The number of alkyl carbamates (subject to hydrolysis) is 1. The number of amides is 1. The summed E-state index contributed by atoms with van der Waals surface area (Å²) >= 11 is 0. The van der Waals surface area contributed by atoms with Gasteiger partial charge in [0.2, 0.25) is 0 Å². The zero-order valence-corrected chi connectivity index (χ0v) is 14.7. The molecule has 0 saturated heterocycles. The van der Waals surface area contributed by atoms with Crippen LogP contribution in [0.25, 0.3) is 11.1 Å². The van der Waals surface area contributed by atoms with Crippen molar-refractivity contribution in [2.75, 3.05) is 13.2 Å². The Bertz CT molecular complexity index is 792.